The van der Waals surface area contributed by atoms with Gasteiger partial charge in [-0.1, -0.05) is 44.0 Å². The fourth-order valence-corrected chi connectivity index (χ4v) is 3.66. The maximum Gasteiger partial charge on any atom is 0.0406 e. The predicted octanol–water partition coefficient (Wildman–Crippen LogP) is 5.16. The third kappa shape index (κ3) is 3.50. The molecular weight excluding hydrogens is 289 g/mol. The molecule has 0 saturated heterocycles. The Morgan fingerprint density at radius 1 is 1.15 bits per heavy atom. The van der Waals surface area contributed by atoms with Crippen LogP contribution in [-0.2, 0) is 5.41 Å². The van der Waals surface area contributed by atoms with Crippen LogP contribution in [0.25, 0.3) is 0 Å². The van der Waals surface area contributed by atoms with Crippen molar-refractivity contribution in [3.8, 4) is 0 Å². The molecule has 1 fully saturated rings. The van der Waals surface area contributed by atoms with E-state index in [9.17, 15) is 0 Å². The monoisotopic (exact) mass is 315 g/mol. The van der Waals surface area contributed by atoms with Gasteiger partial charge >= 0.3 is 0 Å². The molecule has 0 unspecified atom stereocenters. The van der Waals surface area contributed by atoms with E-state index in [1.54, 1.807) is 0 Å². The normalized spacial score (nSPS) is 18.6. The number of hydrogen-bond donors (Lipinski definition) is 0. The molecule has 0 N–H and O–H groups in total. The number of hydrogen-bond acceptors (Lipinski definition) is 1. The highest BCUT2D eigenvalue weighted by atomic mass is 35.5. The molecule has 0 bridgehead atoms. The van der Waals surface area contributed by atoms with E-state index in [1.165, 1.54) is 31.2 Å². The first-order valence-electron chi connectivity index (χ1n) is 7.38. The highest BCUT2D eigenvalue weighted by Crippen LogP contribution is 2.49. The number of benzene rings is 1. The van der Waals surface area contributed by atoms with Crippen molar-refractivity contribution in [2.75, 3.05) is 14.1 Å². The Kier molecular flexibility index (Phi) is 6.37. The first-order valence-corrected chi connectivity index (χ1v) is 7.76. The summed E-state index contributed by atoms with van der Waals surface area (Å²) in [6, 6.07) is 9.18. The van der Waals surface area contributed by atoms with Gasteiger partial charge in [0.15, 0.2) is 0 Å². The molecule has 1 nitrogen and oxygen atoms in total. The average Bonchev–Trinajstić information content (AvgIpc) is 2.28. The lowest BCUT2D eigenvalue weighted by Gasteiger charge is -2.51. The van der Waals surface area contributed by atoms with Gasteiger partial charge in [-0.05, 0) is 57.0 Å². The van der Waals surface area contributed by atoms with E-state index in [4.69, 9.17) is 11.6 Å². The molecule has 1 aliphatic rings. The molecule has 0 radical (unpaired) electrons. The third-order valence-electron chi connectivity index (χ3n) is 4.62. The van der Waals surface area contributed by atoms with Gasteiger partial charge in [-0.2, -0.15) is 0 Å². The average molecular weight is 316 g/mol. The molecule has 1 aliphatic carbocycles. The highest BCUT2D eigenvalue weighted by molar-refractivity contribution is 6.30. The zero-order chi connectivity index (χ0) is 14.0. The van der Waals surface area contributed by atoms with Crippen molar-refractivity contribution in [2.45, 2.75) is 51.0 Å². The lowest BCUT2D eigenvalue weighted by Crippen LogP contribution is -2.52. The molecule has 1 saturated carbocycles. The van der Waals surface area contributed by atoms with E-state index < -0.39 is 0 Å². The van der Waals surface area contributed by atoms with Gasteiger partial charge in [0, 0.05) is 16.5 Å². The maximum absolute atomic E-state index is 6.04. The molecule has 1 aromatic carbocycles. The van der Waals surface area contributed by atoms with Crippen LogP contribution in [0.3, 0.4) is 0 Å². The number of rotatable bonds is 5. The van der Waals surface area contributed by atoms with E-state index in [2.05, 4.69) is 45.0 Å². The van der Waals surface area contributed by atoms with Crippen molar-refractivity contribution in [3.63, 3.8) is 0 Å². The van der Waals surface area contributed by atoms with Gasteiger partial charge in [0.1, 0.15) is 0 Å². The van der Waals surface area contributed by atoms with Crippen molar-refractivity contribution >= 4 is 24.0 Å². The summed E-state index contributed by atoms with van der Waals surface area (Å²) in [5, 5.41) is 0.837. The Morgan fingerprint density at radius 3 is 2.05 bits per heavy atom. The SMILES string of the molecule is CC(C)C[C@H](N(C)C)C1(c2ccc(Cl)cc2)CCC1.Cl. The van der Waals surface area contributed by atoms with Crippen LogP contribution in [0.2, 0.25) is 5.02 Å². The van der Waals surface area contributed by atoms with Gasteiger partial charge in [0.2, 0.25) is 0 Å². The fourth-order valence-electron chi connectivity index (χ4n) is 3.53. The Labute approximate surface area is 135 Å². The second-order valence-electron chi connectivity index (χ2n) is 6.63. The molecular formula is C17H27Cl2N. The van der Waals surface area contributed by atoms with E-state index in [-0.39, 0.29) is 12.4 Å². The lowest BCUT2D eigenvalue weighted by molar-refractivity contribution is 0.0808. The zero-order valence-electron chi connectivity index (χ0n) is 13.0. The number of nitrogens with zero attached hydrogens (tertiary/aromatic N) is 1. The highest BCUT2D eigenvalue weighted by Gasteiger charge is 2.46. The summed E-state index contributed by atoms with van der Waals surface area (Å²) in [6.07, 6.45) is 5.23. The third-order valence-corrected chi connectivity index (χ3v) is 4.87. The Morgan fingerprint density at radius 2 is 1.70 bits per heavy atom. The minimum absolute atomic E-state index is 0. The van der Waals surface area contributed by atoms with Crippen molar-refractivity contribution in [1.82, 2.24) is 4.90 Å². The first kappa shape index (κ1) is 17.8. The predicted molar refractivity (Wildman–Crippen MR) is 91.2 cm³/mol. The second kappa shape index (κ2) is 7.15. The van der Waals surface area contributed by atoms with Crippen LogP contribution in [0.4, 0.5) is 0 Å². The molecule has 0 aromatic heterocycles. The summed E-state index contributed by atoms with van der Waals surface area (Å²) in [6.45, 7) is 4.65. The Balaban J connectivity index is 0.00000200. The van der Waals surface area contributed by atoms with Gasteiger partial charge in [-0.15, -0.1) is 12.4 Å². The largest absolute Gasteiger partial charge is 0.306 e. The van der Waals surface area contributed by atoms with Crippen LogP contribution < -0.4 is 0 Å². The molecule has 2 rings (SSSR count). The number of likely N-dealkylation sites (N-methyl/N-ethyl adjacent to an activating group) is 1. The fraction of sp³-hybridized carbons (Fsp3) is 0.647. The van der Waals surface area contributed by atoms with E-state index in [0.717, 1.165) is 10.9 Å². The summed E-state index contributed by atoms with van der Waals surface area (Å²) < 4.78 is 0. The molecule has 1 atom stereocenters. The van der Waals surface area contributed by atoms with Gasteiger partial charge < -0.3 is 4.90 Å². The van der Waals surface area contributed by atoms with Crippen LogP contribution in [0.1, 0.15) is 45.1 Å². The second-order valence-corrected chi connectivity index (χ2v) is 7.06. The molecule has 114 valence electrons. The minimum Gasteiger partial charge on any atom is -0.306 e. The van der Waals surface area contributed by atoms with E-state index >= 15 is 0 Å². The van der Waals surface area contributed by atoms with E-state index in [0.29, 0.717) is 11.5 Å². The minimum atomic E-state index is 0. The molecule has 0 spiro atoms. The molecule has 0 amide bonds. The van der Waals surface area contributed by atoms with Crippen LogP contribution >= 0.6 is 24.0 Å². The van der Waals surface area contributed by atoms with Gasteiger partial charge in [0.05, 0.1) is 0 Å². The first-order chi connectivity index (χ1) is 8.95. The zero-order valence-corrected chi connectivity index (χ0v) is 14.6. The van der Waals surface area contributed by atoms with Gasteiger partial charge in [-0.3, -0.25) is 0 Å². The van der Waals surface area contributed by atoms with Gasteiger partial charge in [0.25, 0.3) is 0 Å². The van der Waals surface area contributed by atoms with Crippen molar-refractivity contribution in [1.29, 1.82) is 0 Å². The van der Waals surface area contributed by atoms with Crippen LogP contribution in [0.5, 0.6) is 0 Å². The Hall–Kier alpha value is -0.240. The molecule has 3 heteroatoms. The summed E-state index contributed by atoms with van der Waals surface area (Å²) in [5.74, 6) is 0.733. The summed E-state index contributed by atoms with van der Waals surface area (Å²) >= 11 is 6.04. The van der Waals surface area contributed by atoms with Crippen molar-refractivity contribution in [2.24, 2.45) is 5.92 Å². The smallest absolute Gasteiger partial charge is 0.0406 e. The van der Waals surface area contributed by atoms with E-state index in [1.807, 2.05) is 12.1 Å². The molecule has 0 aliphatic heterocycles. The lowest BCUT2D eigenvalue weighted by atomic mass is 9.58. The maximum atomic E-state index is 6.04. The standard InChI is InChI=1S/C17H26ClN.ClH/c1-13(2)12-16(19(3)4)17(10-5-11-17)14-6-8-15(18)9-7-14;/h6-9,13,16H,5,10-12H2,1-4H3;1H/t16-;/m0./s1. The van der Waals surface area contributed by atoms with Crippen LogP contribution in [-0.4, -0.2) is 25.0 Å². The van der Waals surface area contributed by atoms with Gasteiger partial charge in [-0.25, -0.2) is 0 Å². The number of halogens is 2. The van der Waals surface area contributed by atoms with Crippen LogP contribution in [0.15, 0.2) is 24.3 Å². The quantitative estimate of drug-likeness (QED) is 0.725. The topological polar surface area (TPSA) is 3.24 Å². The molecule has 0 heterocycles. The Bertz CT molecular complexity index is 408. The summed E-state index contributed by atoms with van der Waals surface area (Å²) in [5.41, 5.74) is 1.82. The molecule has 1 aromatic rings. The van der Waals surface area contributed by atoms with Crippen molar-refractivity contribution in [3.05, 3.63) is 34.9 Å². The summed E-state index contributed by atoms with van der Waals surface area (Å²) in [7, 11) is 4.45. The van der Waals surface area contributed by atoms with Crippen molar-refractivity contribution < 1.29 is 0 Å². The summed E-state index contributed by atoms with van der Waals surface area (Å²) in [4.78, 5) is 2.42. The van der Waals surface area contributed by atoms with Crippen LogP contribution in [0, 0.1) is 5.92 Å². The molecule has 20 heavy (non-hydrogen) atoms.